The Bertz CT molecular complexity index is 259. The molecule has 0 unspecified atom stereocenters. The second kappa shape index (κ2) is 2.66. The van der Waals surface area contributed by atoms with E-state index in [1.807, 2.05) is 0 Å². The maximum atomic E-state index is 7.01. The Hall–Kier alpha value is -1.09. The van der Waals surface area contributed by atoms with Gasteiger partial charge in [0.25, 0.3) is 0 Å². The normalized spacial score (nSPS) is 9.30. The van der Waals surface area contributed by atoms with Crippen molar-refractivity contribution in [2.75, 3.05) is 0 Å². The van der Waals surface area contributed by atoms with E-state index >= 15 is 0 Å². The zero-order chi connectivity index (χ0) is 7.56. The molecule has 0 fully saturated rings. The third kappa shape index (κ3) is 1.45. The van der Waals surface area contributed by atoms with Crippen LogP contribution in [-0.2, 0) is 0 Å². The molecule has 0 amide bonds. The lowest BCUT2D eigenvalue weighted by atomic mass is 10.3. The predicted octanol–water partition coefficient (Wildman–Crippen LogP) is 1.02. The van der Waals surface area contributed by atoms with Gasteiger partial charge in [0, 0.05) is 18.0 Å². The molecular formula is C6H6ClN3. The fourth-order valence-corrected chi connectivity index (χ4v) is 0.733. The highest BCUT2D eigenvalue weighted by Crippen LogP contribution is 2.06. The monoisotopic (exact) mass is 155 g/mol. The van der Waals surface area contributed by atoms with Gasteiger partial charge in [0.2, 0.25) is 0 Å². The average Bonchev–Trinajstić information content (AvgIpc) is 1.88. The number of hydrogen-bond donors (Lipinski definition) is 2. The second-order valence-corrected chi connectivity index (χ2v) is 2.24. The average molecular weight is 156 g/mol. The van der Waals surface area contributed by atoms with E-state index in [1.54, 1.807) is 6.07 Å². The van der Waals surface area contributed by atoms with Gasteiger partial charge >= 0.3 is 0 Å². The molecule has 0 saturated carbocycles. The van der Waals surface area contributed by atoms with Gasteiger partial charge in [-0.3, -0.25) is 10.4 Å². The Balaban J connectivity index is 3.07. The fourth-order valence-electron chi connectivity index (χ4n) is 0.559. The topological polar surface area (TPSA) is 62.8 Å². The molecule has 0 aliphatic rings. The molecule has 0 aromatic carbocycles. The zero-order valence-electron chi connectivity index (χ0n) is 5.13. The number of nitrogens with one attached hydrogen (secondary N) is 1. The molecule has 0 spiro atoms. The molecule has 0 saturated heterocycles. The summed E-state index contributed by atoms with van der Waals surface area (Å²) in [7, 11) is 0. The van der Waals surface area contributed by atoms with Crippen molar-refractivity contribution in [2.45, 2.75) is 0 Å². The van der Waals surface area contributed by atoms with Gasteiger partial charge in [0.1, 0.15) is 5.84 Å². The Kier molecular flexibility index (Phi) is 1.87. The summed E-state index contributed by atoms with van der Waals surface area (Å²) in [5.74, 6) is -0.0185. The number of halogens is 1. The van der Waals surface area contributed by atoms with E-state index in [9.17, 15) is 0 Å². The Morgan fingerprint density at radius 3 is 2.70 bits per heavy atom. The van der Waals surface area contributed by atoms with Crippen molar-refractivity contribution in [3.05, 3.63) is 29.0 Å². The van der Waals surface area contributed by atoms with E-state index in [0.29, 0.717) is 10.6 Å². The highest BCUT2D eigenvalue weighted by molar-refractivity contribution is 6.30. The molecule has 0 aliphatic heterocycles. The van der Waals surface area contributed by atoms with Crippen molar-refractivity contribution in [1.29, 1.82) is 5.41 Å². The molecule has 1 aromatic heterocycles. The highest BCUT2D eigenvalue weighted by Gasteiger charge is 1.95. The van der Waals surface area contributed by atoms with Crippen LogP contribution in [0.15, 0.2) is 18.5 Å². The molecule has 0 aliphatic carbocycles. The Labute approximate surface area is 63.3 Å². The molecule has 52 valence electrons. The number of nitrogens with zero attached hydrogens (tertiary/aromatic N) is 1. The molecular weight excluding hydrogens is 150 g/mol. The minimum absolute atomic E-state index is 0.0185. The summed E-state index contributed by atoms with van der Waals surface area (Å²) >= 11 is 5.57. The Morgan fingerprint density at radius 1 is 1.60 bits per heavy atom. The molecule has 1 rings (SSSR count). The first-order valence-corrected chi connectivity index (χ1v) is 3.03. The number of rotatable bonds is 1. The van der Waals surface area contributed by atoms with Crippen molar-refractivity contribution in [3.63, 3.8) is 0 Å². The van der Waals surface area contributed by atoms with E-state index in [-0.39, 0.29) is 5.84 Å². The molecule has 3 nitrogen and oxygen atoms in total. The quantitative estimate of drug-likeness (QED) is 0.470. The molecule has 10 heavy (non-hydrogen) atoms. The van der Waals surface area contributed by atoms with Gasteiger partial charge in [-0.05, 0) is 6.07 Å². The summed E-state index contributed by atoms with van der Waals surface area (Å²) in [5, 5.41) is 7.50. The first kappa shape index (κ1) is 7.02. The van der Waals surface area contributed by atoms with Gasteiger partial charge < -0.3 is 5.73 Å². The summed E-state index contributed by atoms with van der Waals surface area (Å²) in [6.45, 7) is 0. The summed E-state index contributed by atoms with van der Waals surface area (Å²) in [6, 6.07) is 1.59. The third-order valence-corrected chi connectivity index (χ3v) is 1.22. The van der Waals surface area contributed by atoms with Crippen molar-refractivity contribution in [3.8, 4) is 0 Å². The summed E-state index contributed by atoms with van der Waals surface area (Å²) in [5.41, 5.74) is 5.72. The Morgan fingerprint density at radius 2 is 2.30 bits per heavy atom. The largest absolute Gasteiger partial charge is 0.384 e. The smallest absolute Gasteiger partial charge is 0.124 e. The van der Waals surface area contributed by atoms with Crippen LogP contribution < -0.4 is 5.73 Å². The zero-order valence-corrected chi connectivity index (χ0v) is 5.89. The van der Waals surface area contributed by atoms with Crippen LogP contribution in [-0.4, -0.2) is 10.8 Å². The standard InChI is InChI=1S/C6H6ClN3/c7-5-1-4(6(8)9)2-10-3-5/h1-3H,(H3,8,9). The first-order chi connectivity index (χ1) is 4.70. The number of pyridine rings is 1. The van der Waals surface area contributed by atoms with Gasteiger partial charge in [-0.1, -0.05) is 11.6 Å². The van der Waals surface area contributed by atoms with Crippen LogP contribution in [0.2, 0.25) is 5.02 Å². The van der Waals surface area contributed by atoms with E-state index in [1.165, 1.54) is 12.4 Å². The van der Waals surface area contributed by atoms with Gasteiger partial charge in [-0.2, -0.15) is 0 Å². The third-order valence-electron chi connectivity index (χ3n) is 1.02. The number of amidine groups is 1. The number of aromatic nitrogens is 1. The SMILES string of the molecule is N=C(N)c1cncc(Cl)c1. The van der Waals surface area contributed by atoms with Crippen LogP contribution in [0.25, 0.3) is 0 Å². The van der Waals surface area contributed by atoms with E-state index in [4.69, 9.17) is 22.7 Å². The second-order valence-electron chi connectivity index (χ2n) is 1.81. The van der Waals surface area contributed by atoms with Gasteiger partial charge in [-0.15, -0.1) is 0 Å². The van der Waals surface area contributed by atoms with E-state index in [2.05, 4.69) is 4.98 Å². The maximum absolute atomic E-state index is 7.01. The van der Waals surface area contributed by atoms with Crippen LogP contribution in [0.4, 0.5) is 0 Å². The fraction of sp³-hybridized carbons (Fsp3) is 0. The lowest BCUT2D eigenvalue weighted by molar-refractivity contribution is 1.30. The molecule has 0 radical (unpaired) electrons. The van der Waals surface area contributed by atoms with E-state index < -0.39 is 0 Å². The van der Waals surface area contributed by atoms with Crippen molar-refractivity contribution >= 4 is 17.4 Å². The van der Waals surface area contributed by atoms with Crippen molar-refractivity contribution in [1.82, 2.24) is 4.98 Å². The van der Waals surface area contributed by atoms with Crippen LogP contribution in [0.1, 0.15) is 5.56 Å². The van der Waals surface area contributed by atoms with Crippen LogP contribution in [0, 0.1) is 5.41 Å². The lowest BCUT2D eigenvalue weighted by Crippen LogP contribution is -2.10. The van der Waals surface area contributed by atoms with Gasteiger partial charge in [0.15, 0.2) is 0 Å². The van der Waals surface area contributed by atoms with Crippen LogP contribution in [0.3, 0.4) is 0 Å². The summed E-state index contributed by atoms with van der Waals surface area (Å²) in [6.07, 6.45) is 2.99. The lowest BCUT2D eigenvalue weighted by Gasteiger charge is -1.95. The van der Waals surface area contributed by atoms with Crippen LogP contribution in [0.5, 0.6) is 0 Å². The minimum Gasteiger partial charge on any atom is -0.384 e. The maximum Gasteiger partial charge on any atom is 0.124 e. The predicted molar refractivity (Wildman–Crippen MR) is 40.3 cm³/mol. The van der Waals surface area contributed by atoms with Gasteiger partial charge in [0.05, 0.1) is 5.02 Å². The van der Waals surface area contributed by atoms with Crippen molar-refractivity contribution < 1.29 is 0 Å². The van der Waals surface area contributed by atoms with E-state index in [0.717, 1.165) is 0 Å². The molecule has 0 atom stereocenters. The van der Waals surface area contributed by atoms with Gasteiger partial charge in [-0.25, -0.2) is 0 Å². The summed E-state index contributed by atoms with van der Waals surface area (Å²) < 4.78 is 0. The number of nitrogens with two attached hydrogens (primary N) is 1. The molecule has 1 heterocycles. The molecule has 0 bridgehead atoms. The van der Waals surface area contributed by atoms with Crippen molar-refractivity contribution in [2.24, 2.45) is 5.73 Å². The summed E-state index contributed by atoms with van der Waals surface area (Å²) in [4.78, 5) is 3.75. The molecule has 4 heteroatoms. The highest BCUT2D eigenvalue weighted by atomic mass is 35.5. The minimum atomic E-state index is -0.0185. The molecule has 3 N–H and O–H groups in total. The molecule has 1 aromatic rings. The number of hydrogen-bond acceptors (Lipinski definition) is 2. The first-order valence-electron chi connectivity index (χ1n) is 2.65. The number of nitrogen functional groups attached to an aromatic ring is 1. The van der Waals surface area contributed by atoms with Crippen LogP contribution >= 0.6 is 11.6 Å².